The molecule has 2 unspecified atom stereocenters. The molecule has 2 atom stereocenters. The van der Waals surface area contributed by atoms with Crippen molar-refractivity contribution in [3.8, 4) is 0 Å². The Hall–Kier alpha value is -0.630. The fraction of sp³-hybridized carbons (Fsp3) is 0.625. The molecule has 0 saturated heterocycles. The van der Waals surface area contributed by atoms with Crippen LogP contribution in [0.4, 0.5) is 5.69 Å². The van der Waals surface area contributed by atoms with Gasteiger partial charge in [0.15, 0.2) is 0 Å². The van der Waals surface area contributed by atoms with E-state index < -0.39 is 0 Å². The third-order valence-electron chi connectivity index (χ3n) is 3.86. The number of anilines is 1. The zero-order valence-corrected chi connectivity index (χ0v) is 12.8. The van der Waals surface area contributed by atoms with Gasteiger partial charge in [0.2, 0.25) is 0 Å². The van der Waals surface area contributed by atoms with Crippen LogP contribution in [0.15, 0.2) is 29.2 Å². The molecule has 1 N–H and O–H groups in total. The van der Waals surface area contributed by atoms with Gasteiger partial charge >= 0.3 is 0 Å². The maximum atomic E-state index is 3.78. The minimum atomic E-state index is 0.490. The van der Waals surface area contributed by atoms with E-state index in [9.17, 15) is 0 Å². The summed E-state index contributed by atoms with van der Waals surface area (Å²) in [5.41, 5.74) is 1.81. The van der Waals surface area contributed by atoms with Crippen molar-refractivity contribution in [3.05, 3.63) is 24.3 Å². The first kappa shape index (κ1) is 13.8. The van der Waals surface area contributed by atoms with E-state index in [4.69, 9.17) is 0 Å². The number of nitrogens with one attached hydrogen (secondary N) is 1. The molecule has 2 rings (SSSR count). The molecular weight excluding hydrogens is 238 g/mol. The van der Waals surface area contributed by atoms with Crippen LogP contribution in [0, 0.1) is 11.3 Å². The number of benzene rings is 1. The third-order valence-corrected chi connectivity index (χ3v) is 4.82. The van der Waals surface area contributed by atoms with Gasteiger partial charge in [0, 0.05) is 16.6 Å². The van der Waals surface area contributed by atoms with Gasteiger partial charge in [0.25, 0.3) is 0 Å². The zero-order valence-electron chi connectivity index (χ0n) is 12.0. The highest BCUT2D eigenvalue weighted by Gasteiger charge is 2.36. The molecule has 2 heteroatoms. The molecule has 1 saturated carbocycles. The molecule has 18 heavy (non-hydrogen) atoms. The van der Waals surface area contributed by atoms with Crippen LogP contribution in [0.3, 0.4) is 0 Å². The quantitative estimate of drug-likeness (QED) is 0.764. The Kier molecular flexibility index (Phi) is 4.26. The molecule has 0 heterocycles. The monoisotopic (exact) mass is 263 g/mol. The summed E-state index contributed by atoms with van der Waals surface area (Å²) in [7, 11) is 0. The highest BCUT2D eigenvalue weighted by Crippen LogP contribution is 2.42. The fourth-order valence-corrected chi connectivity index (χ4v) is 3.92. The van der Waals surface area contributed by atoms with E-state index in [1.165, 1.54) is 23.4 Å². The molecular formula is C16H25NS. The smallest absolute Gasteiger partial charge is 0.0480 e. The highest BCUT2D eigenvalue weighted by molar-refractivity contribution is 7.99. The Balaban J connectivity index is 2.10. The summed E-state index contributed by atoms with van der Waals surface area (Å²) in [4.78, 5) is 1.39. The molecule has 0 aliphatic heterocycles. The summed E-state index contributed by atoms with van der Waals surface area (Å²) in [6.07, 6.45) is 2.60. The van der Waals surface area contributed by atoms with Gasteiger partial charge in [-0.25, -0.2) is 0 Å². The molecule has 1 aromatic rings. The summed E-state index contributed by atoms with van der Waals surface area (Å²) >= 11 is 1.92. The van der Waals surface area contributed by atoms with E-state index in [2.05, 4.69) is 57.3 Å². The predicted octanol–water partition coefficient (Wildman–Crippen LogP) is 5.04. The van der Waals surface area contributed by atoms with Gasteiger partial charge in [-0.1, -0.05) is 39.8 Å². The molecule has 1 aromatic carbocycles. The zero-order chi connectivity index (χ0) is 13.2. The Labute approximate surface area is 116 Å². The van der Waals surface area contributed by atoms with Gasteiger partial charge in [-0.15, -0.1) is 11.8 Å². The minimum Gasteiger partial charge on any atom is -0.381 e. The molecule has 0 bridgehead atoms. The summed E-state index contributed by atoms with van der Waals surface area (Å²) < 4.78 is 0. The second-order valence-electron chi connectivity index (χ2n) is 6.23. The molecule has 1 nitrogen and oxygen atoms in total. The van der Waals surface area contributed by atoms with E-state index in [1.54, 1.807) is 0 Å². The van der Waals surface area contributed by atoms with Crippen LogP contribution in [0.1, 0.15) is 40.5 Å². The van der Waals surface area contributed by atoms with Gasteiger partial charge in [-0.3, -0.25) is 0 Å². The molecule has 1 fully saturated rings. The lowest BCUT2D eigenvalue weighted by Gasteiger charge is -2.21. The molecule has 100 valence electrons. The van der Waals surface area contributed by atoms with Gasteiger partial charge < -0.3 is 5.32 Å². The Morgan fingerprint density at radius 1 is 1.28 bits per heavy atom. The fourth-order valence-electron chi connectivity index (χ4n) is 3.15. The van der Waals surface area contributed by atoms with E-state index in [0.29, 0.717) is 11.5 Å². The SMILES string of the molecule is CCSc1ccccc1NC1CC(C)(C)CC1C. The standard InChI is InChI=1S/C16H25NS/c1-5-18-15-9-7-6-8-13(15)17-14-11-16(3,4)10-12(14)2/h6-9,12,14,17H,5,10-11H2,1-4H3. The molecule has 0 spiro atoms. The lowest BCUT2D eigenvalue weighted by Crippen LogP contribution is -2.22. The molecule has 1 aliphatic carbocycles. The normalized spacial score (nSPS) is 26.2. The van der Waals surface area contributed by atoms with Gasteiger partial charge in [0.05, 0.1) is 0 Å². The van der Waals surface area contributed by atoms with E-state index in [1.807, 2.05) is 11.8 Å². The van der Waals surface area contributed by atoms with E-state index in [-0.39, 0.29) is 0 Å². The summed E-state index contributed by atoms with van der Waals surface area (Å²) in [5.74, 6) is 1.89. The average Bonchev–Trinajstić information content (AvgIpc) is 2.55. The van der Waals surface area contributed by atoms with Crippen molar-refractivity contribution in [2.45, 2.75) is 51.5 Å². The first-order valence-electron chi connectivity index (χ1n) is 7.00. The largest absolute Gasteiger partial charge is 0.381 e. The third kappa shape index (κ3) is 3.23. The van der Waals surface area contributed by atoms with Crippen LogP contribution in [-0.4, -0.2) is 11.8 Å². The van der Waals surface area contributed by atoms with Crippen molar-refractivity contribution in [2.75, 3.05) is 11.1 Å². The maximum Gasteiger partial charge on any atom is 0.0480 e. The number of hydrogen-bond acceptors (Lipinski definition) is 2. The van der Waals surface area contributed by atoms with Crippen molar-refractivity contribution >= 4 is 17.4 Å². The van der Waals surface area contributed by atoms with Crippen molar-refractivity contribution in [1.29, 1.82) is 0 Å². The Bertz CT molecular complexity index is 400. The van der Waals surface area contributed by atoms with Crippen LogP contribution < -0.4 is 5.32 Å². The number of hydrogen-bond donors (Lipinski definition) is 1. The molecule has 0 amide bonds. The number of para-hydroxylation sites is 1. The van der Waals surface area contributed by atoms with Crippen LogP contribution in [-0.2, 0) is 0 Å². The van der Waals surface area contributed by atoms with Gasteiger partial charge in [-0.2, -0.15) is 0 Å². The van der Waals surface area contributed by atoms with Crippen molar-refractivity contribution in [2.24, 2.45) is 11.3 Å². The average molecular weight is 263 g/mol. The minimum absolute atomic E-state index is 0.490. The topological polar surface area (TPSA) is 12.0 Å². The van der Waals surface area contributed by atoms with Crippen LogP contribution >= 0.6 is 11.8 Å². The predicted molar refractivity (Wildman–Crippen MR) is 82.4 cm³/mol. The van der Waals surface area contributed by atoms with Crippen molar-refractivity contribution < 1.29 is 0 Å². The van der Waals surface area contributed by atoms with Gasteiger partial charge in [0.1, 0.15) is 0 Å². The van der Waals surface area contributed by atoms with Gasteiger partial charge in [-0.05, 0) is 42.1 Å². The highest BCUT2D eigenvalue weighted by atomic mass is 32.2. The molecule has 0 radical (unpaired) electrons. The summed E-state index contributed by atoms with van der Waals surface area (Å²) in [6, 6.07) is 9.33. The van der Waals surface area contributed by atoms with Crippen LogP contribution in [0.25, 0.3) is 0 Å². The van der Waals surface area contributed by atoms with Crippen LogP contribution in [0.2, 0.25) is 0 Å². The summed E-state index contributed by atoms with van der Waals surface area (Å²) in [5, 5.41) is 3.78. The van der Waals surface area contributed by atoms with Crippen LogP contribution in [0.5, 0.6) is 0 Å². The second-order valence-corrected chi connectivity index (χ2v) is 7.54. The molecule has 1 aliphatic rings. The second kappa shape index (κ2) is 5.56. The summed E-state index contributed by atoms with van der Waals surface area (Å²) in [6.45, 7) is 9.36. The van der Waals surface area contributed by atoms with Crippen molar-refractivity contribution in [1.82, 2.24) is 0 Å². The van der Waals surface area contributed by atoms with Crippen molar-refractivity contribution in [3.63, 3.8) is 0 Å². The Morgan fingerprint density at radius 2 is 2.00 bits per heavy atom. The Morgan fingerprint density at radius 3 is 2.61 bits per heavy atom. The maximum absolute atomic E-state index is 3.78. The molecule has 0 aromatic heterocycles. The van der Waals surface area contributed by atoms with E-state index >= 15 is 0 Å². The number of thioether (sulfide) groups is 1. The van der Waals surface area contributed by atoms with E-state index in [0.717, 1.165) is 11.7 Å². The number of rotatable bonds is 4. The lowest BCUT2D eigenvalue weighted by molar-refractivity contribution is 0.366. The lowest BCUT2D eigenvalue weighted by atomic mass is 9.91. The first-order valence-corrected chi connectivity index (χ1v) is 7.99. The first-order chi connectivity index (χ1) is 8.52.